The minimum absolute atomic E-state index is 0.113. The van der Waals surface area contributed by atoms with Crippen LogP contribution in [-0.2, 0) is 6.54 Å². The first-order chi connectivity index (χ1) is 13.1. The van der Waals surface area contributed by atoms with E-state index in [1.807, 2.05) is 0 Å². The maximum atomic E-state index is 13.3. The van der Waals surface area contributed by atoms with Crippen LogP contribution in [0.15, 0.2) is 29.1 Å². The summed E-state index contributed by atoms with van der Waals surface area (Å²) in [4.78, 5) is 23.0. The summed E-state index contributed by atoms with van der Waals surface area (Å²) < 4.78 is 13.3. The molecule has 1 N–H and O–H groups in total. The van der Waals surface area contributed by atoms with Crippen molar-refractivity contribution in [2.24, 2.45) is 5.92 Å². The normalized spacial score (nSPS) is 23.1. The number of halogens is 1. The number of nitrogens with zero attached hydrogens (tertiary/aromatic N) is 3. The minimum Gasteiger partial charge on any atom is -0.357 e. The van der Waals surface area contributed by atoms with Gasteiger partial charge in [-0.3, -0.25) is 9.69 Å². The Labute approximate surface area is 159 Å². The average molecular weight is 372 g/mol. The molecule has 0 amide bonds. The quantitative estimate of drug-likeness (QED) is 0.893. The first kappa shape index (κ1) is 18.6. The zero-order valence-corrected chi connectivity index (χ0v) is 16.1. The fraction of sp³-hybridized carbons (Fsp3) is 0.571. The lowest BCUT2D eigenvalue weighted by molar-refractivity contribution is 0.0924. The number of likely N-dealkylation sites (tertiary alicyclic amines) is 1. The number of piperazine rings is 1. The molecule has 0 saturated carbocycles. The molecule has 1 aromatic heterocycles. The van der Waals surface area contributed by atoms with Gasteiger partial charge in [-0.15, -0.1) is 0 Å². The Balaban J connectivity index is 1.33. The summed E-state index contributed by atoms with van der Waals surface area (Å²) in [5.41, 5.74) is 1.50. The van der Waals surface area contributed by atoms with E-state index in [2.05, 4.69) is 26.7 Å². The molecule has 5 nitrogen and oxygen atoms in total. The summed E-state index contributed by atoms with van der Waals surface area (Å²) in [6, 6.07) is 5.96. The van der Waals surface area contributed by atoms with Crippen molar-refractivity contribution in [3.8, 4) is 0 Å². The summed E-state index contributed by atoms with van der Waals surface area (Å²) in [6.07, 6.45) is 2.67. The third kappa shape index (κ3) is 4.57. The van der Waals surface area contributed by atoms with E-state index in [4.69, 9.17) is 0 Å². The molecule has 4 rings (SSSR count). The number of hydrogen-bond acceptors (Lipinski definition) is 4. The molecule has 0 bridgehead atoms. The number of rotatable bonds is 4. The first-order valence-corrected chi connectivity index (χ1v) is 10.0. The van der Waals surface area contributed by atoms with Gasteiger partial charge in [0.2, 0.25) is 0 Å². The molecule has 0 unspecified atom stereocenters. The maximum Gasteiger partial charge on any atom is 0.189 e. The van der Waals surface area contributed by atoms with Crippen molar-refractivity contribution in [2.75, 3.05) is 52.9 Å². The van der Waals surface area contributed by atoms with Crippen LogP contribution in [-0.4, -0.2) is 72.5 Å². The van der Waals surface area contributed by atoms with E-state index in [0.29, 0.717) is 10.9 Å². The first-order valence-electron chi connectivity index (χ1n) is 10.0. The standard InChI is InChI=1S/C21H29FN4O/c1-24-6-2-3-16(13-24)14-25-7-9-26(10-8-25)15-18-12-21(27)19-11-17(22)4-5-20(19)23-18/h4-5,11-12,16H,2-3,6-10,13-15H2,1H3,(H,23,27)/t16-/m1/s1. The van der Waals surface area contributed by atoms with Gasteiger partial charge in [0.1, 0.15) is 5.82 Å². The summed E-state index contributed by atoms with van der Waals surface area (Å²) in [5, 5.41) is 0.418. The lowest BCUT2D eigenvalue weighted by Gasteiger charge is -2.38. The summed E-state index contributed by atoms with van der Waals surface area (Å²) in [7, 11) is 2.23. The molecule has 146 valence electrons. The lowest BCUT2D eigenvalue weighted by Crippen LogP contribution is -2.49. The zero-order valence-electron chi connectivity index (χ0n) is 16.1. The molecule has 6 heteroatoms. The molecule has 0 radical (unpaired) electrons. The van der Waals surface area contributed by atoms with Gasteiger partial charge in [0.05, 0.1) is 0 Å². The van der Waals surface area contributed by atoms with Gasteiger partial charge in [-0.1, -0.05) is 0 Å². The van der Waals surface area contributed by atoms with Crippen molar-refractivity contribution in [1.29, 1.82) is 0 Å². The molecule has 0 spiro atoms. The van der Waals surface area contributed by atoms with E-state index >= 15 is 0 Å². The molecule has 2 aliphatic rings. The summed E-state index contributed by atoms with van der Waals surface area (Å²) in [5.74, 6) is 0.425. The Morgan fingerprint density at radius 1 is 1.11 bits per heavy atom. The fourth-order valence-corrected chi connectivity index (χ4v) is 4.52. The Morgan fingerprint density at radius 3 is 2.67 bits per heavy atom. The molecular weight excluding hydrogens is 343 g/mol. The lowest BCUT2D eigenvalue weighted by atomic mass is 9.97. The molecule has 1 aromatic carbocycles. The molecule has 0 aliphatic carbocycles. The van der Waals surface area contributed by atoms with Gasteiger partial charge in [-0.2, -0.15) is 0 Å². The number of fused-ring (bicyclic) bond motifs is 1. The van der Waals surface area contributed by atoms with Crippen LogP contribution in [0.3, 0.4) is 0 Å². The highest BCUT2D eigenvalue weighted by Crippen LogP contribution is 2.18. The number of benzene rings is 1. The van der Waals surface area contributed by atoms with Gasteiger partial charge in [0.25, 0.3) is 0 Å². The molecule has 3 heterocycles. The highest BCUT2D eigenvalue weighted by atomic mass is 19.1. The highest BCUT2D eigenvalue weighted by molar-refractivity contribution is 5.78. The van der Waals surface area contributed by atoms with Gasteiger partial charge in [0, 0.05) is 68.5 Å². The third-order valence-corrected chi connectivity index (χ3v) is 5.94. The van der Waals surface area contributed by atoms with Crippen LogP contribution >= 0.6 is 0 Å². The van der Waals surface area contributed by atoms with Gasteiger partial charge in [-0.25, -0.2) is 4.39 Å². The Bertz CT molecular complexity index is 844. The minimum atomic E-state index is -0.374. The van der Waals surface area contributed by atoms with E-state index in [0.717, 1.165) is 44.3 Å². The summed E-state index contributed by atoms with van der Waals surface area (Å²) >= 11 is 0. The van der Waals surface area contributed by atoms with Crippen molar-refractivity contribution in [3.05, 3.63) is 46.0 Å². The Morgan fingerprint density at radius 2 is 1.89 bits per heavy atom. The Hall–Kier alpha value is -1.76. The highest BCUT2D eigenvalue weighted by Gasteiger charge is 2.23. The van der Waals surface area contributed by atoms with Crippen LogP contribution in [0.2, 0.25) is 0 Å². The van der Waals surface area contributed by atoms with E-state index in [-0.39, 0.29) is 11.2 Å². The van der Waals surface area contributed by atoms with E-state index in [9.17, 15) is 9.18 Å². The molecule has 1 atom stereocenters. The van der Waals surface area contributed by atoms with Crippen LogP contribution in [0.5, 0.6) is 0 Å². The second kappa shape index (κ2) is 8.09. The topological polar surface area (TPSA) is 42.6 Å². The van der Waals surface area contributed by atoms with Gasteiger partial charge in [-0.05, 0) is 50.6 Å². The van der Waals surface area contributed by atoms with Crippen LogP contribution in [0, 0.1) is 11.7 Å². The van der Waals surface area contributed by atoms with E-state index in [1.54, 1.807) is 12.1 Å². The van der Waals surface area contributed by atoms with Crippen molar-refractivity contribution in [3.63, 3.8) is 0 Å². The number of H-pyrrole nitrogens is 1. The average Bonchev–Trinajstić information content (AvgIpc) is 2.64. The SMILES string of the molecule is CN1CCC[C@@H](CN2CCN(Cc3cc(=O)c4cc(F)ccc4[nH]3)CC2)C1. The third-order valence-electron chi connectivity index (χ3n) is 5.94. The monoisotopic (exact) mass is 372 g/mol. The number of piperidine rings is 1. The molecule has 2 saturated heterocycles. The van der Waals surface area contributed by atoms with Crippen LogP contribution in [0.25, 0.3) is 10.9 Å². The predicted molar refractivity (Wildman–Crippen MR) is 106 cm³/mol. The predicted octanol–water partition coefficient (Wildman–Crippen LogP) is 2.13. The molecule has 27 heavy (non-hydrogen) atoms. The molecule has 2 fully saturated rings. The summed E-state index contributed by atoms with van der Waals surface area (Å²) in [6.45, 7) is 8.61. The number of pyridine rings is 1. The van der Waals surface area contributed by atoms with E-state index < -0.39 is 0 Å². The number of hydrogen-bond donors (Lipinski definition) is 1. The Kier molecular flexibility index (Phi) is 5.57. The van der Waals surface area contributed by atoms with Gasteiger partial charge < -0.3 is 14.8 Å². The fourth-order valence-electron chi connectivity index (χ4n) is 4.52. The van der Waals surface area contributed by atoms with Crippen LogP contribution in [0.4, 0.5) is 4.39 Å². The smallest absolute Gasteiger partial charge is 0.189 e. The van der Waals surface area contributed by atoms with Crippen molar-refractivity contribution >= 4 is 10.9 Å². The maximum absolute atomic E-state index is 13.3. The number of aromatic amines is 1. The van der Waals surface area contributed by atoms with Crippen molar-refractivity contribution in [2.45, 2.75) is 19.4 Å². The second-order valence-corrected chi connectivity index (χ2v) is 8.20. The van der Waals surface area contributed by atoms with Gasteiger partial charge in [0.15, 0.2) is 5.43 Å². The largest absolute Gasteiger partial charge is 0.357 e. The second-order valence-electron chi connectivity index (χ2n) is 8.20. The van der Waals surface area contributed by atoms with E-state index in [1.165, 1.54) is 44.6 Å². The molecular formula is C21H29FN4O. The van der Waals surface area contributed by atoms with Crippen LogP contribution < -0.4 is 5.43 Å². The van der Waals surface area contributed by atoms with Gasteiger partial charge >= 0.3 is 0 Å². The van der Waals surface area contributed by atoms with Crippen molar-refractivity contribution < 1.29 is 4.39 Å². The number of nitrogens with one attached hydrogen (secondary N) is 1. The van der Waals surface area contributed by atoms with Crippen molar-refractivity contribution in [1.82, 2.24) is 19.7 Å². The number of aromatic nitrogens is 1. The van der Waals surface area contributed by atoms with Crippen LogP contribution in [0.1, 0.15) is 18.5 Å². The molecule has 2 aliphatic heterocycles. The zero-order chi connectivity index (χ0) is 18.8. The molecule has 2 aromatic rings.